The van der Waals surface area contributed by atoms with E-state index in [0.29, 0.717) is 0 Å². The number of aldehydes is 1. The van der Waals surface area contributed by atoms with Crippen LogP contribution >= 0.6 is 27.7 Å². The Morgan fingerprint density at radius 2 is 1.79 bits per heavy atom. The van der Waals surface area contributed by atoms with Gasteiger partial charge < -0.3 is 0 Å². The van der Waals surface area contributed by atoms with Crippen molar-refractivity contribution in [2.45, 2.75) is 24.5 Å². The molecule has 2 rings (SSSR count). The molecule has 2 aromatic rings. The van der Waals surface area contributed by atoms with E-state index in [1.807, 2.05) is 18.2 Å². The quantitative estimate of drug-likeness (QED) is 0.566. The van der Waals surface area contributed by atoms with Gasteiger partial charge in [0, 0.05) is 20.7 Å². The molecule has 0 amide bonds. The number of hydrogen-bond acceptors (Lipinski definition) is 2. The molecule has 0 unspecified atom stereocenters. The molecule has 0 aliphatic heterocycles. The highest BCUT2D eigenvalue weighted by molar-refractivity contribution is 9.10. The van der Waals surface area contributed by atoms with Gasteiger partial charge >= 0.3 is 0 Å². The highest BCUT2D eigenvalue weighted by atomic mass is 79.9. The molecular formula is C16H15BrOS. The van der Waals surface area contributed by atoms with E-state index >= 15 is 0 Å². The lowest BCUT2D eigenvalue weighted by Crippen LogP contribution is -1.88. The van der Waals surface area contributed by atoms with E-state index in [9.17, 15) is 4.79 Å². The van der Waals surface area contributed by atoms with Crippen LogP contribution in [0.4, 0.5) is 0 Å². The summed E-state index contributed by atoms with van der Waals surface area (Å²) in [4.78, 5) is 12.1. The standard InChI is InChI=1S/C16H15BrOS/c1-11-5-12(2)7-13(6-11)10-19-16-4-3-15(17)8-14(16)9-18/h3-9H,10H2,1-2H3. The summed E-state index contributed by atoms with van der Waals surface area (Å²) < 4.78 is 0.936. The molecule has 0 aromatic heterocycles. The zero-order chi connectivity index (χ0) is 13.8. The van der Waals surface area contributed by atoms with Gasteiger partial charge in [0.25, 0.3) is 0 Å². The van der Waals surface area contributed by atoms with E-state index in [1.165, 1.54) is 16.7 Å². The molecule has 0 saturated heterocycles. The third kappa shape index (κ3) is 3.95. The van der Waals surface area contributed by atoms with E-state index in [2.05, 4.69) is 48.0 Å². The van der Waals surface area contributed by atoms with E-state index in [0.717, 1.165) is 27.0 Å². The number of carbonyl (C=O) groups excluding carboxylic acids is 1. The van der Waals surface area contributed by atoms with Crippen LogP contribution in [0.2, 0.25) is 0 Å². The van der Waals surface area contributed by atoms with E-state index in [1.54, 1.807) is 11.8 Å². The van der Waals surface area contributed by atoms with Crippen molar-refractivity contribution < 1.29 is 4.79 Å². The molecule has 2 aromatic carbocycles. The zero-order valence-corrected chi connectivity index (χ0v) is 13.3. The molecular weight excluding hydrogens is 320 g/mol. The summed E-state index contributed by atoms with van der Waals surface area (Å²) in [7, 11) is 0. The third-order valence-electron chi connectivity index (χ3n) is 2.77. The topological polar surface area (TPSA) is 17.1 Å². The van der Waals surface area contributed by atoms with Crippen molar-refractivity contribution in [3.8, 4) is 0 Å². The van der Waals surface area contributed by atoms with Crippen molar-refractivity contribution in [2.75, 3.05) is 0 Å². The minimum absolute atomic E-state index is 0.740. The molecule has 0 heterocycles. The minimum Gasteiger partial charge on any atom is -0.298 e. The fourth-order valence-electron chi connectivity index (χ4n) is 2.06. The lowest BCUT2D eigenvalue weighted by atomic mass is 10.1. The lowest BCUT2D eigenvalue weighted by molar-refractivity contribution is 0.112. The van der Waals surface area contributed by atoms with E-state index in [4.69, 9.17) is 0 Å². The number of benzene rings is 2. The Morgan fingerprint density at radius 1 is 1.11 bits per heavy atom. The lowest BCUT2D eigenvalue weighted by Gasteiger charge is -2.07. The summed E-state index contributed by atoms with van der Waals surface area (Å²) in [6.45, 7) is 4.22. The van der Waals surface area contributed by atoms with Gasteiger partial charge in [0.15, 0.2) is 6.29 Å². The Morgan fingerprint density at radius 3 is 2.42 bits per heavy atom. The fourth-order valence-corrected chi connectivity index (χ4v) is 3.36. The van der Waals surface area contributed by atoms with Crippen LogP contribution in [-0.4, -0.2) is 6.29 Å². The van der Waals surface area contributed by atoms with Crippen LogP contribution in [0.25, 0.3) is 0 Å². The van der Waals surface area contributed by atoms with Crippen LogP contribution in [0.5, 0.6) is 0 Å². The Hall–Kier alpha value is -1.06. The van der Waals surface area contributed by atoms with Gasteiger partial charge in [-0.1, -0.05) is 45.3 Å². The van der Waals surface area contributed by atoms with Crippen LogP contribution in [0.15, 0.2) is 45.8 Å². The van der Waals surface area contributed by atoms with Crippen molar-refractivity contribution in [3.05, 3.63) is 63.1 Å². The number of hydrogen-bond donors (Lipinski definition) is 0. The number of halogens is 1. The van der Waals surface area contributed by atoms with Gasteiger partial charge in [-0.05, 0) is 37.6 Å². The largest absolute Gasteiger partial charge is 0.298 e. The fraction of sp³-hybridized carbons (Fsp3) is 0.188. The molecule has 0 saturated carbocycles. The van der Waals surface area contributed by atoms with Crippen molar-refractivity contribution in [1.82, 2.24) is 0 Å². The number of thioether (sulfide) groups is 1. The van der Waals surface area contributed by atoms with Crippen LogP contribution in [0.3, 0.4) is 0 Å². The molecule has 0 N–H and O–H groups in total. The average Bonchev–Trinajstić information content (AvgIpc) is 2.36. The van der Waals surface area contributed by atoms with Gasteiger partial charge in [0.05, 0.1) is 0 Å². The zero-order valence-electron chi connectivity index (χ0n) is 10.9. The van der Waals surface area contributed by atoms with Gasteiger partial charge in [-0.3, -0.25) is 4.79 Å². The maximum atomic E-state index is 11.1. The maximum absolute atomic E-state index is 11.1. The summed E-state index contributed by atoms with van der Waals surface area (Å²) in [6, 6.07) is 12.4. The minimum atomic E-state index is 0.740. The molecule has 0 aliphatic rings. The van der Waals surface area contributed by atoms with E-state index < -0.39 is 0 Å². The smallest absolute Gasteiger partial charge is 0.151 e. The molecule has 98 valence electrons. The highest BCUT2D eigenvalue weighted by Crippen LogP contribution is 2.28. The molecule has 0 spiro atoms. The summed E-state index contributed by atoms with van der Waals surface area (Å²) in [5.41, 5.74) is 4.59. The molecule has 0 bridgehead atoms. The van der Waals surface area contributed by atoms with Crippen molar-refractivity contribution in [3.63, 3.8) is 0 Å². The monoisotopic (exact) mass is 334 g/mol. The first-order valence-electron chi connectivity index (χ1n) is 6.03. The predicted octanol–water partition coefficient (Wildman–Crippen LogP) is 5.17. The summed E-state index contributed by atoms with van der Waals surface area (Å²) in [6.07, 6.45) is 0.911. The summed E-state index contributed by atoms with van der Waals surface area (Å²) >= 11 is 5.08. The first-order chi connectivity index (χ1) is 9.08. The number of carbonyl (C=O) groups is 1. The van der Waals surface area contributed by atoms with Crippen molar-refractivity contribution in [2.24, 2.45) is 0 Å². The second-order valence-corrected chi connectivity index (χ2v) is 6.52. The predicted molar refractivity (Wildman–Crippen MR) is 85.0 cm³/mol. The van der Waals surface area contributed by atoms with Crippen LogP contribution < -0.4 is 0 Å². The Kier molecular flexibility index (Phi) is 4.83. The van der Waals surface area contributed by atoms with Crippen LogP contribution in [0, 0.1) is 13.8 Å². The first kappa shape index (κ1) is 14.4. The normalized spacial score (nSPS) is 10.5. The highest BCUT2D eigenvalue weighted by Gasteiger charge is 2.04. The average molecular weight is 335 g/mol. The summed E-state index contributed by atoms with van der Waals surface area (Å²) in [5, 5.41) is 0. The molecule has 19 heavy (non-hydrogen) atoms. The Bertz CT molecular complexity index is 587. The van der Waals surface area contributed by atoms with Crippen molar-refractivity contribution >= 4 is 34.0 Å². The number of aryl methyl sites for hydroxylation is 2. The van der Waals surface area contributed by atoms with Gasteiger partial charge in [-0.15, -0.1) is 11.8 Å². The Balaban J connectivity index is 2.16. The third-order valence-corrected chi connectivity index (χ3v) is 4.43. The molecule has 0 atom stereocenters. The molecule has 3 heteroatoms. The molecule has 1 nitrogen and oxygen atoms in total. The van der Waals surface area contributed by atoms with E-state index in [-0.39, 0.29) is 0 Å². The maximum Gasteiger partial charge on any atom is 0.151 e. The van der Waals surface area contributed by atoms with Crippen LogP contribution in [-0.2, 0) is 5.75 Å². The van der Waals surface area contributed by atoms with Crippen molar-refractivity contribution in [1.29, 1.82) is 0 Å². The van der Waals surface area contributed by atoms with Gasteiger partial charge in [-0.25, -0.2) is 0 Å². The summed E-state index contributed by atoms with van der Waals surface area (Å²) in [5.74, 6) is 0.880. The van der Waals surface area contributed by atoms with Gasteiger partial charge in [-0.2, -0.15) is 0 Å². The van der Waals surface area contributed by atoms with Gasteiger partial charge in [0.1, 0.15) is 0 Å². The second-order valence-electron chi connectivity index (χ2n) is 4.58. The molecule has 0 fully saturated rings. The first-order valence-corrected chi connectivity index (χ1v) is 7.81. The molecule has 0 aliphatic carbocycles. The van der Waals surface area contributed by atoms with Gasteiger partial charge in [0.2, 0.25) is 0 Å². The van der Waals surface area contributed by atoms with Crippen LogP contribution in [0.1, 0.15) is 27.0 Å². The molecule has 0 radical (unpaired) electrons. The second kappa shape index (κ2) is 6.40. The Labute approximate surface area is 126 Å². The number of rotatable bonds is 4. The SMILES string of the molecule is Cc1cc(C)cc(CSc2ccc(Br)cc2C=O)c1.